The largest absolute Gasteiger partial charge is 0.454 e. The zero-order valence-corrected chi connectivity index (χ0v) is 15.6. The lowest BCUT2D eigenvalue weighted by atomic mass is 10.1. The van der Waals surface area contributed by atoms with Crippen LogP contribution in [-0.2, 0) is 0 Å². The summed E-state index contributed by atoms with van der Waals surface area (Å²) in [5.74, 6) is 2.17. The van der Waals surface area contributed by atoms with Gasteiger partial charge in [0, 0.05) is 38.9 Å². The van der Waals surface area contributed by atoms with Crippen molar-refractivity contribution < 1.29 is 14.6 Å². The summed E-state index contributed by atoms with van der Waals surface area (Å²) in [5.41, 5.74) is 0.832. The Morgan fingerprint density at radius 3 is 2.62 bits per heavy atom. The maximum absolute atomic E-state index is 10.6. The number of pyridine rings is 1. The highest BCUT2D eigenvalue weighted by Crippen LogP contribution is 2.34. The van der Waals surface area contributed by atoms with Crippen LogP contribution in [0.1, 0.15) is 11.7 Å². The van der Waals surface area contributed by atoms with Gasteiger partial charge in [0.15, 0.2) is 11.5 Å². The van der Waals surface area contributed by atoms with E-state index in [-0.39, 0.29) is 6.79 Å². The third kappa shape index (κ3) is 3.69. The van der Waals surface area contributed by atoms with Gasteiger partial charge in [0.05, 0.1) is 16.1 Å². The van der Waals surface area contributed by atoms with Crippen LogP contribution in [0.5, 0.6) is 11.5 Å². The van der Waals surface area contributed by atoms with Crippen molar-refractivity contribution in [2.24, 2.45) is 0 Å². The highest BCUT2D eigenvalue weighted by atomic mass is 35.5. The van der Waals surface area contributed by atoms with Crippen LogP contribution in [0.4, 0.5) is 5.82 Å². The molecule has 0 unspecified atom stereocenters. The molecule has 0 bridgehead atoms. The number of fused-ring (bicyclic) bond motifs is 1. The van der Waals surface area contributed by atoms with E-state index in [1.54, 1.807) is 12.3 Å². The van der Waals surface area contributed by atoms with Crippen molar-refractivity contribution in [2.45, 2.75) is 6.10 Å². The van der Waals surface area contributed by atoms with E-state index in [0.29, 0.717) is 22.3 Å². The van der Waals surface area contributed by atoms with Gasteiger partial charge < -0.3 is 19.5 Å². The molecule has 4 rings (SSSR count). The van der Waals surface area contributed by atoms with E-state index in [2.05, 4.69) is 14.8 Å². The summed E-state index contributed by atoms with van der Waals surface area (Å²) in [7, 11) is 0. The lowest BCUT2D eigenvalue weighted by Gasteiger charge is -2.36. The fourth-order valence-corrected chi connectivity index (χ4v) is 3.75. The molecule has 1 N–H and O–H groups in total. The van der Waals surface area contributed by atoms with Crippen molar-refractivity contribution in [1.82, 2.24) is 9.88 Å². The number of anilines is 1. The smallest absolute Gasteiger partial charge is 0.231 e. The molecule has 26 heavy (non-hydrogen) atoms. The first-order chi connectivity index (χ1) is 12.6. The monoisotopic (exact) mass is 395 g/mol. The molecule has 1 fully saturated rings. The third-order valence-corrected chi connectivity index (χ3v) is 5.16. The molecular weight excluding hydrogens is 377 g/mol. The molecule has 1 atom stereocenters. The van der Waals surface area contributed by atoms with E-state index in [0.717, 1.165) is 43.3 Å². The fourth-order valence-electron chi connectivity index (χ4n) is 3.25. The second-order valence-corrected chi connectivity index (χ2v) is 7.22. The number of nitrogens with zero attached hydrogens (tertiary/aromatic N) is 3. The summed E-state index contributed by atoms with van der Waals surface area (Å²) in [6.45, 7) is 4.03. The molecular formula is C18H19Cl2N3O3. The molecule has 2 aliphatic rings. The number of β-amino-alcohol motifs (C(OH)–C–C–N with tert-alkyl or cyclic N) is 1. The van der Waals surface area contributed by atoms with Gasteiger partial charge in [-0.3, -0.25) is 4.90 Å². The van der Waals surface area contributed by atoms with Gasteiger partial charge in [-0.1, -0.05) is 29.3 Å². The summed E-state index contributed by atoms with van der Waals surface area (Å²) in [6.07, 6.45) is 1.03. The maximum atomic E-state index is 10.6. The standard InChI is InChI=1S/C18H19Cl2N3O3/c19-13-8-14(20)18(21-9-13)23-5-3-22(4-6-23)10-15(24)12-1-2-16-17(7-12)26-11-25-16/h1-2,7-9,15,24H,3-6,10-11H2/t15-/m0/s1. The molecule has 1 aromatic carbocycles. The van der Waals surface area contributed by atoms with Crippen LogP contribution in [0.2, 0.25) is 10.0 Å². The minimum absolute atomic E-state index is 0.234. The zero-order chi connectivity index (χ0) is 18.1. The summed E-state index contributed by atoms with van der Waals surface area (Å²) in [5, 5.41) is 11.7. The second kappa shape index (κ2) is 7.48. The molecule has 0 spiro atoms. The Balaban J connectivity index is 1.35. The zero-order valence-electron chi connectivity index (χ0n) is 14.1. The number of aromatic nitrogens is 1. The average Bonchev–Trinajstić information content (AvgIpc) is 3.10. The van der Waals surface area contributed by atoms with Crippen molar-refractivity contribution in [3.8, 4) is 11.5 Å². The molecule has 0 amide bonds. The number of piperazine rings is 1. The molecule has 0 aliphatic carbocycles. The van der Waals surface area contributed by atoms with E-state index in [1.807, 2.05) is 18.2 Å². The van der Waals surface area contributed by atoms with Gasteiger partial charge in [0.25, 0.3) is 0 Å². The topological polar surface area (TPSA) is 58.1 Å². The first-order valence-electron chi connectivity index (χ1n) is 8.46. The molecule has 8 heteroatoms. The van der Waals surface area contributed by atoms with Crippen molar-refractivity contribution in [2.75, 3.05) is 44.4 Å². The van der Waals surface area contributed by atoms with Crippen LogP contribution in [0.15, 0.2) is 30.5 Å². The predicted molar refractivity (Wildman–Crippen MR) is 100 cm³/mol. The first kappa shape index (κ1) is 17.7. The Bertz CT molecular complexity index is 797. The molecule has 2 aromatic rings. The normalized spacial score (nSPS) is 18.2. The number of benzene rings is 1. The average molecular weight is 396 g/mol. The number of hydrogen-bond donors (Lipinski definition) is 1. The van der Waals surface area contributed by atoms with Crippen LogP contribution in [0, 0.1) is 0 Å². The summed E-state index contributed by atoms with van der Waals surface area (Å²) in [4.78, 5) is 8.71. The number of aliphatic hydroxyl groups excluding tert-OH is 1. The number of rotatable bonds is 4. The van der Waals surface area contributed by atoms with E-state index < -0.39 is 6.10 Å². The maximum Gasteiger partial charge on any atom is 0.231 e. The molecule has 0 radical (unpaired) electrons. The van der Waals surface area contributed by atoms with Gasteiger partial charge in [-0.25, -0.2) is 4.98 Å². The number of halogens is 2. The van der Waals surface area contributed by atoms with Crippen LogP contribution >= 0.6 is 23.2 Å². The SMILES string of the molecule is O[C@@H](CN1CCN(c2ncc(Cl)cc2Cl)CC1)c1ccc2c(c1)OCO2. The summed E-state index contributed by atoms with van der Waals surface area (Å²) < 4.78 is 10.7. The Kier molecular flexibility index (Phi) is 5.09. The third-order valence-electron chi connectivity index (χ3n) is 4.67. The first-order valence-corrected chi connectivity index (χ1v) is 9.22. The number of hydrogen-bond acceptors (Lipinski definition) is 6. The molecule has 1 aromatic heterocycles. The van der Waals surface area contributed by atoms with E-state index in [9.17, 15) is 5.11 Å². The van der Waals surface area contributed by atoms with Crippen molar-refractivity contribution in [3.63, 3.8) is 0 Å². The van der Waals surface area contributed by atoms with Crippen LogP contribution < -0.4 is 14.4 Å². The van der Waals surface area contributed by atoms with Gasteiger partial charge in [0.1, 0.15) is 5.82 Å². The molecule has 138 valence electrons. The summed E-state index contributed by atoms with van der Waals surface area (Å²) >= 11 is 12.2. The minimum Gasteiger partial charge on any atom is -0.454 e. The molecule has 6 nitrogen and oxygen atoms in total. The van der Waals surface area contributed by atoms with E-state index in [1.165, 1.54) is 0 Å². The van der Waals surface area contributed by atoms with E-state index in [4.69, 9.17) is 32.7 Å². The lowest BCUT2D eigenvalue weighted by molar-refractivity contribution is 0.109. The van der Waals surface area contributed by atoms with Crippen LogP contribution in [0.25, 0.3) is 0 Å². The molecule has 3 heterocycles. The minimum atomic E-state index is -0.576. The van der Waals surface area contributed by atoms with Gasteiger partial charge in [-0.15, -0.1) is 0 Å². The second-order valence-electron chi connectivity index (χ2n) is 6.38. The van der Waals surface area contributed by atoms with Gasteiger partial charge in [-0.2, -0.15) is 0 Å². The van der Waals surface area contributed by atoms with Crippen molar-refractivity contribution >= 4 is 29.0 Å². The lowest BCUT2D eigenvalue weighted by Crippen LogP contribution is -2.47. The highest BCUT2D eigenvalue weighted by Gasteiger charge is 2.23. The van der Waals surface area contributed by atoms with Gasteiger partial charge in [0.2, 0.25) is 6.79 Å². The highest BCUT2D eigenvalue weighted by molar-refractivity contribution is 6.36. The Morgan fingerprint density at radius 1 is 1.08 bits per heavy atom. The van der Waals surface area contributed by atoms with Crippen molar-refractivity contribution in [3.05, 3.63) is 46.1 Å². The van der Waals surface area contributed by atoms with Gasteiger partial charge >= 0.3 is 0 Å². The fraction of sp³-hybridized carbons (Fsp3) is 0.389. The van der Waals surface area contributed by atoms with Crippen LogP contribution in [-0.4, -0.2) is 54.5 Å². The molecule has 0 saturated carbocycles. The van der Waals surface area contributed by atoms with Crippen molar-refractivity contribution in [1.29, 1.82) is 0 Å². The van der Waals surface area contributed by atoms with E-state index >= 15 is 0 Å². The Morgan fingerprint density at radius 2 is 1.85 bits per heavy atom. The quantitative estimate of drug-likeness (QED) is 0.858. The van der Waals surface area contributed by atoms with Gasteiger partial charge in [-0.05, 0) is 23.8 Å². The predicted octanol–water partition coefficient (Wildman–Crippen LogP) is 2.97. The van der Waals surface area contributed by atoms with Crippen LogP contribution in [0.3, 0.4) is 0 Å². The Labute approximate surface area is 161 Å². The molecule has 1 saturated heterocycles. The Hall–Kier alpha value is -1.73. The number of aliphatic hydroxyl groups is 1. The number of ether oxygens (including phenoxy) is 2. The summed E-state index contributed by atoms with van der Waals surface area (Å²) in [6, 6.07) is 7.28. The molecule has 2 aliphatic heterocycles.